The molecule has 104 valence electrons. The van der Waals surface area contributed by atoms with Crippen molar-refractivity contribution in [2.45, 2.75) is 31.4 Å². The van der Waals surface area contributed by atoms with Crippen molar-refractivity contribution in [3.8, 4) is 0 Å². The normalized spacial score (nSPS) is 22.1. The van der Waals surface area contributed by atoms with Gasteiger partial charge in [0, 0.05) is 16.7 Å². The zero-order valence-electron chi connectivity index (χ0n) is 11.0. The lowest BCUT2D eigenvalue weighted by Gasteiger charge is -2.29. The summed E-state index contributed by atoms with van der Waals surface area (Å²) in [4.78, 5) is 11.8. The van der Waals surface area contributed by atoms with E-state index in [1.807, 2.05) is 31.2 Å². The highest BCUT2D eigenvalue weighted by atomic mass is 127. The molecule has 2 rings (SSSR count). The monoisotopic (exact) mass is 374 g/mol. The Morgan fingerprint density at radius 1 is 1.53 bits per heavy atom. The Balaban J connectivity index is 2.12. The molecule has 1 heterocycles. The van der Waals surface area contributed by atoms with Gasteiger partial charge in [-0.2, -0.15) is 0 Å². The Morgan fingerprint density at radius 2 is 2.21 bits per heavy atom. The Bertz CT molecular complexity index is 443. The van der Waals surface area contributed by atoms with Crippen molar-refractivity contribution in [2.24, 2.45) is 5.73 Å². The number of nitrogens with one attached hydrogen (secondary N) is 1. The minimum Gasteiger partial charge on any atom is -0.377 e. The number of ether oxygens (including phenoxy) is 1. The zero-order valence-corrected chi connectivity index (χ0v) is 13.1. The first-order chi connectivity index (χ1) is 9.02. The van der Waals surface area contributed by atoms with Gasteiger partial charge in [0.2, 0.25) is 5.91 Å². The molecule has 2 unspecified atom stereocenters. The van der Waals surface area contributed by atoms with Crippen molar-refractivity contribution in [1.29, 1.82) is 0 Å². The molecular weight excluding hydrogens is 355 g/mol. The summed E-state index contributed by atoms with van der Waals surface area (Å²) in [6.45, 7) is 3.28. The lowest BCUT2D eigenvalue weighted by Crippen LogP contribution is -2.52. The van der Waals surface area contributed by atoms with Crippen LogP contribution in [0.15, 0.2) is 24.3 Å². The molecular formula is C14H19IN2O2. The number of hydrogen-bond donors (Lipinski definition) is 2. The van der Waals surface area contributed by atoms with Crippen molar-refractivity contribution >= 4 is 28.5 Å². The molecule has 1 aromatic rings. The number of carbonyl (C=O) groups excluding carboxylic acids is 1. The summed E-state index contributed by atoms with van der Waals surface area (Å²) in [5, 5.41) is 3.27. The first-order valence-electron chi connectivity index (χ1n) is 6.45. The molecule has 1 aliphatic rings. The van der Waals surface area contributed by atoms with Gasteiger partial charge in [0.1, 0.15) is 5.54 Å². The number of nitrogens with two attached hydrogens (primary N) is 1. The van der Waals surface area contributed by atoms with Gasteiger partial charge in [0.15, 0.2) is 0 Å². The minimum absolute atomic E-state index is 0.183. The first kappa shape index (κ1) is 14.7. The number of amides is 1. The van der Waals surface area contributed by atoms with E-state index in [9.17, 15) is 4.79 Å². The van der Waals surface area contributed by atoms with E-state index < -0.39 is 5.54 Å². The van der Waals surface area contributed by atoms with Gasteiger partial charge >= 0.3 is 0 Å². The molecule has 0 saturated carbocycles. The SMILES string of the molecule is CC(NCC1CCCO1)(C(N)=O)c1ccc(I)cc1. The zero-order chi connectivity index (χ0) is 13.9. The van der Waals surface area contributed by atoms with Crippen LogP contribution in [0.25, 0.3) is 0 Å². The Labute approximate surface area is 127 Å². The molecule has 1 amide bonds. The van der Waals surface area contributed by atoms with Crippen LogP contribution in [0, 0.1) is 3.57 Å². The molecule has 4 nitrogen and oxygen atoms in total. The van der Waals surface area contributed by atoms with Crippen molar-refractivity contribution < 1.29 is 9.53 Å². The summed E-state index contributed by atoms with van der Waals surface area (Å²) in [7, 11) is 0. The number of benzene rings is 1. The van der Waals surface area contributed by atoms with Crippen LogP contribution in [-0.2, 0) is 15.1 Å². The summed E-state index contributed by atoms with van der Waals surface area (Å²) >= 11 is 2.24. The van der Waals surface area contributed by atoms with Crippen molar-refractivity contribution in [2.75, 3.05) is 13.2 Å². The van der Waals surface area contributed by atoms with Gasteiger partial charge in [0.05, 0.1) is 6.10 Å². The van der Waals surface area contributed by atoms with Crippen LogP contribution in [0.2, 0.25) is 0 Å². The van der Waals surface area contributed by atoms with Gasteiger partial charge < -0.3 is 10.5 Å². The molecule has 0 aliphatic carbocycles. The molecule has 1 fully saturated rings. The van der Waals surface area contributed by atoms with Crippen molar-refractivity contribution in [1.82, 2.24) is 5.32 Å². The van der Waals surface area contributed by atoms with E-state index >= 15 is 0 Å². The molecule has 0 aromatic heterocycles. The van der Waals surface area contributed by atoms with Gasteiger partial charge in [-0.1, -0.05) is 12.1 Å². The number of halogens is 1. The summed E-state index contributed by atoms with van der Waals surface area (Å²) in [6.07, 6.45) is 2.31. The fraction of sp³-hybridized carbons (Fsp3) is 0.500. The number of carbonyl (C=O) groups is 1. The minimum atomic E-state index is -0.851. The topological polar surface area (TPSA) is 64.3 Å². The molecule has 0 spiro atoms. The maximum atomic E-state index is 11.8. The molecule has 0 bridgehead atoms. The first-order valence-corrected chi connectivity index (χ1v) is 7.53. The number of primary amides is 1. The Morgan fingerprint density at radius 3 is 2.74 bits per heavy atom. The highest BCUT2D eigenvalue weighted by molar-refractivity contribution is 14.1. The lowest BCUT2D eigenvalue weighted by molar-refractivity contribution is -0.124. The fourth-order valence-corrected chi connectivity index (χ4v) is 2.60. The van der Waals surface area contributed by atoms with Crippen molar-refractivity contribution in [3.63, 3.8) is 0 Å². The average molecular weight is 374 g/mol. The van der Waals surface area contributed by atoms with E-state index in [0.29, 0.717) is 6.54 Å². The third kappa shape index (κ3) is 3.46. The predicted octanol–water partition coefficient (Wildman–Crippen LogP) is 1.76. The van der Waals surface area contributed by atoms with Gasteiger partial charge in [-0.25, -0.2) is 0 Å². The molecule has 19 heavy (non-hydrogen) atoms. The highest BCUT2D eigenvalue weighted by Gasteiger charge is 2.33. The molecule has 1 saturated heterocycles. The van der Waals surface area contributed by atoms with Gasteiger partial charge in [-0.05, 0) is 60.1 Å². The van der Waals surface area contributed by atoms with Crippen LogP contribution < -0.4 is 11.1 Å². The number of hydrogen-bond acceptors (Lipinski definition) is 3. The van der Waals surface area contributed by atoms with Gasteiger partial charge in [-0.3, -0.25) is 10.1 Å². The molecule has 3 N–H and O–H groups in total. The van der Waals surface area contributed by atoms with Crippen LogP contribution in [0.3, 0.4) is 0 Å². The smallest absolute Gasteiger partial charge is 0.242 e. The van der Waals surface area contributed by atoms with E-state index in [-0.39, 0.29) is 12.0 Å². The highest BCUT2D eigenvalue weighted by Crippen LogP contribution is 2.22. The third-order valence-electron chi connectivity index (χ3n) is 3.62. The molecule has 0 radical (unpaired) electrons. The van der Waals surface area contributed by atoms with Crippen LogP contribution >= 0.6 is 22.6 Å². The summed E-state index contributed by atoms with van der Waals surface area (Å²) in [6, 6.07) is 7.83. The second-order valence-corrected chi connectivity index (χ2v) is 6.26. The van der Waals surface area contributed by atoms with Crippen LogP contribution in [0.5, 0.6) is 0 Å². The second-order valence-electron chi connectivity index (χ2n) is 5.01. The molecule has 2 atom stereocenters. The fourth-order valence-electron chi connectivity index (χ4n) is 2.24. The lowest BCUT2D eigenvalue weighted by atomic mass is 9.91. The standard InChI is InChI=1S/C14H19IN2O2/c1-14(13(16)18,10-4-6-11(15)7-5-10)17-9-12-3-2-8-19-12/h4-7,12,17H,2-3,8-9H2,1H3,(H2,16,18). The maximum Gasteiger partial charge on any atom is 0.242 e. The van der Waals surface area contributed by atoms with E-state index in [4.69, 9.17) is 10.5 Å². The Kier molecular flexibility index (Phi) is 4.81. The van der Waals surface area contributed by atoms with Crippen molar-refractivity contribution in [3.05, 3.63) is 33.4 Å². The summed E-state index contributed by atoms with van der Waals surface area (Å²) in [5.41, 5.74) is 5.62. The Hall–Kier alpha value is -0.660. The average Bonchev–Trinajstić information content (AvgIpc) is 2.89. The van der Waals surface area contributed by atoms with E-state index in [0.717, 1.165) is 28.6 Å². The molecule has 1 aromatic carbocycles. The van der Waals surface area contributed by atoms with Crippen LogP contribution in [0.4, 0.5) is 0 Å². The summed E-state index contributed by atoms with van der Waals surface area (Å²) < 4.78 is 6.70. The third-order valence-corrected chi connectivity index (χ3v) is 4.34. The van der Waals surface area contributed by atoms with Gasteiger partial charge in [0.25, 0.3) is 0 Å². The van der Waals surface area contributed by atoms with Crippen LogP contribution in [0.1, 0.15) is 25.3 Å². The van der Waals surface area contributed by atoms with E-state index in [1.165, 1.54) is 0 Å². The van der Waals surface area contributed by atoms with E-state index in [2.05, 4.69) is 27.9 Å². The molecule has 1 aliphatic heterocycles. The predicted molar refractivity (Wildman–Crippen MR) is 82.7 cm³/mol. The second kappa shape index (κ2) is 6.19. The van der Waals surface area contributed by atoms with Crippen LogP contribution in [-0.4, -0.2) is 25.2 Å². The quantitative estimate of drug-likeness (QED) is 0.773. The number of rotatable bonds is 5. The summed E-state index contributed by atoms with van der Waals surface area (Å²) in [5.74, 6) is -0.369. The maximum absolute atomic E-state index is 11.8. The van der Waals surface area contributed by atoms with Gasteiger partial charge in [-0.15, -0.1) is 0 Å². The molecule has 5 heteroatoms. The van der Waals surface area contributed by atoms with E-state index in [1.54, 1.807) is 0 Å². The largest absolute Gasteiger partial charge is 0.377 e.